The summed E-state index contributed by atoms with van der Waals surface area (Å²) in [5, 5.41) is 0. The van der Waals surface area contributed by atoms with Crippen LogP contribution in [-0.2, 0) is 18.4 Å². The van der Waals surface area contributed by atoms with E-state index in [2.05, 4.69) is 12.6 Å². The first-order chi connectivity index (χ1) is 11.2. The molecule has 0 radical (unpaired) electrons. The summed E-state index contributed by atoms with van der Waals surface area (Å²) in [6, 6.07) is 10.1. The number of hydrogen-bond donors (Lipinski definition) is 0. The van der Waals surface area contributed by atoms with Gasteiger partial charge < -0.3 is 14.2 Å². The molecule has 0 spiro atoms. The van der Waals surface area contributed by atoms with E-state index in [9.17, 15) is 4.79 Å². The maximum absolute atomic E-state index is 12.5. The second-order valence-corrected chi connectivity index (χ2v) is 5.90. The van der Waals surface area contributed by atoms with Crippen LogP contribution >= 0.6 is 0 Å². The van der Waals surface area contributed by atoms with Gasteiger partial charge >= 0.3 is 0 Å². The molecule has 1 aliphatic rings. The van der Waals surface area contributed by atoms with Crippen LogP contribution < -0.4 is 4.74 Å². The monoisotopic (exact) mass is 310 g/mol. The quantitative estimate of drug-likeness (QED) is 0.811. The van der Waals surface area contributed by atoms with Crippen molar-refractivity contribution in [1.82, 2.24) is 9.47 Å². The van der Waals surface area contributed by atoms with Gasteiger partial charge in [0, 0.05) is 31.5 Å². The molecule has 1 aromatic carbocycles. The smallest absolute Gasteiger partial charge is 0.246 e. The lowest BCUT2D eigenvalue weighted by Gasteiger charge is -2.31. The highest BCUT2D eigenvalue weighted by molar-refractivity contribution is 5.87. The standard InChI is InChI=1S/C19H22N2O2/c1-3-19(22)21(14-15-10-11-20(2)13-15)17-8-6-12-23-18-9-5-4-7-16(17)18/h3-5,7,9-11,13,17H,1,6,8,12,14H2,2H3. The van der Waals surface area contributed by atoms with Crippen LogP contribution in [0.5, 0.6) is 5.75 Å². The Morgan fingerprint density at radius 1 is 1.43 bits per heavy atom. The first-order valence-electron chi connectivity index (χ1n) is 7.94. The number of carbonyl (C=O) groups is 1. The van der Waals surface area contributed by atoms with E-state index in [1.54, 1.807) is 0 Å². The van der Waals surface area contributed by atoms with Crippen LogP contribution in [0.1, 0.15) is 30.0 Å². The third-order valence-corrected chi connectivity index (χ3v) is 4.24. The molecule has 0 saturated carbocycles. The number of benzene rings is 1. The Morgan fingerprint density at radius 3 is 3.00 bits per heavy atom. The van der Waals surface area contributed by atoms with Gasteiger partial charge in [0.15, 0.2) is 0 Å². The van der Waals surface area contributed by atoms with E-state index < -0.39 is 0 Å². The van der Waals surface area contributed by atoms with Crippen molar-refractivity contribution in [2.45, 2.75) is 25.4 Å². The van der Waals surface area contributed by atoms with Crippen molar-refractivity contribution in [3.05, 3.63) is 66.5 Å². The number of ether oxygens (including phenoxy) is 1. The topological polar surface area (TPSA) is 34.5 Å². The molecule has 1 amide bonds. The summed E-state index contributed by atoms with van der Waals surface area (Å²) in [6.07, 6.45) is 7.26. The van der Waals surface area contributed by atoms with Crippen LogP contribution in [-0.4, -0.2) is 22.0 Å². The molecule has 0 bridgehead atoms. The molecular weight excluding hydrogens is 288 g/mol. The first-order valence-corrected chi connectivity index (χ1v) is 7.94. The zero-order valence-electron chi connectivity index (χ0n) is 13.4. The molecule has 0 fully saturated rings. The SMILES string of the molecule is C=CC(=O)N(Cc1ccn(C)c1)C1CCCOc2ccccc21. The fourth-order valence-corrected chi connectivity index (χ4v) is 3.14. The predicted molar refractivity (Wildman–Crippen MR) is 90.1 cm³/mol. The summed E-state index contributed by atoms with van der Waals surface area (Å²) in [6.45, 7) is 4.94. The molecule has 0 saturated heterocycles. The van der Waals surface area contributed by atoms with Gasteiger partial charge in [-0.2, -0.15) is 0 Å². The minimum atomic E-state index is -0.0458. The van der Waals surface area contributed by atoms with E-state index in [4.69, 9.17) is 4.74 Å². The molecule has 4 nitrogen and oxygen atoms in total. The number of aryl methyl sites for hydroxylation is 1. The Morgan fingerprint density at radius 2 is 2.26 bits per heavy atom. The molecule has 3 rings (SSSR count). The molecule has 4 heteroatoms. The summed E-state index contributed by atoms with van der Waals surface area (Å²) in [4.78, 5) is 14.4. The molecule has 0 aliphatic carbocycles. The van der Waals surface area contributed by atoms with E-state index in [0.29, 0.717) is 13.2 Å². The second-order valence-electron chi connectivity index (χ2n) is 5.90. The van der Waals surface area contributed by atoms with Gasteiger partial charge in [-0.15, -0.1) is 0 Å². The van der Waals surface area contributed by atoms with E-state index >= 15 is 0 Å². The van der Waals surface area contributed by atoms with Gasteiger partial charge in [0.25, 0.3) is 0 Å². The summed E-state index contributed by atoms with van der Waals surface area (Å²) < 4.78 is 7.82. The first kappa shape index (κ1) is 15.4. The fraction of sp³-hybridized carbons (Fsp3) is 0.316. The minimum Gasteiger partial charge on any atom is -0.493 e. The lowest BCUT2D eigenvalue weighted by molar-refractivity contribution is -0.129. The number of para-hydroxylation sites is 1. The van der Waals surface area contributed by atoms with E-state index in [0.717, 1.165) is 29.7 Å². The van der Waals surface area contributed by atoms with E-state index in [1.165, 1.54) is 6.08 Å². The van der Waals surface area contributed by atoms with Crippen LogP contribution in [0.4, 0.5) is 0 Å². The Kier molecular flexibility index (Phi) is 4.51. The zero-order chi connectivity index (χ0) is 16.2. The normalized spacial score (nSPS) is 16.8. The Balaban J connectivity index is 1.95. The second kappa shape index (κ2) is 6.73. The molecule has 120 valence electrons. The van der Waals surface area contributed by atoms with Crippen LogP contribution in [0.2, 0.25) is 0 Å². The molecule has 2 heterocycles. The van der Waals surface area contributed by atoms with Crippen molar-refractivity contribution < 1.29 is 9.53 Å². The third-order valence-electron chi connectivity index (χ3n) is 4.24. The molecule has 1 aliphatic heterocycles. The van der Waals surface area contributed by atoms with Crippen molar-refractivity contribution in [3.63, 3.8) is 0 Å². The predicted octanol–water partition coefficient (Wildman–Crippen LogP) is 3.45. The minimum absolute atomic E-state index is 0.0133. The van der Waals surface area contributed by atoms with E-state index in [-0.39, 0.29) is 11.9 Å². The van der Waals surface area contributed by atoms with Crippen molar-refractivity contribution >= 4 is 5.91 Å². The molecule has 23 heavy (non-hydrogen) atoms. The lowest BCUT2D eigenvalue weighted by Crippen LogP contribution is -2.33. The Hall–Kier alpha value is -2.49. The van der Waals surface area contributed by atoms with Crippen molar-refractivity contribution in [1.29, 1.82) is 0 Å². The van der Waals surface area contributed by atoms with Crippen LogP contribution in [0.15, 0.2) is 55.4 Å². The van der Waals surface area contributed by atoms with Crippen molar-refractivity contribution in [2.75, 3.05) is 6.61 Å². The number of hydrogen-bond acceptors (Lipinski definition) is 2. The van der Waals surface area contributed by atoms with Gasteiger partial charge in [-0.3, -0.25) is 4.79 Å². The maximum atomic E-state index is 12.5. The summed E-state index contributed by atoms with van der Waals surface area (Å²) >= 11 is 0. The fourth-order valence-electron chi connectivity index (χ4n) is 3.14. The number of nitrogens with zero attached hydrogens (tertiary/aromatic N) is 2. The Labute approximate surface area is 137 Å². The number of carbonyl (C=O) groups excluding carboxylic acids is 1. The van der Waals surface area contributed by atoms with Gasteiger partial charge in [-0.25, -0.2) is 0 Å². The number of fused-ring (bicyclic) bond motifs is 1. The molecular formula is C19H22N2O2. The molecule has 1 atom stereocenters. The van der Waals surface area contributed by atoms with Gasteiger partial charge in [-0.1, -0.05) is 24.8 Å². The molecule has 1 unspecified atom stereocenters. The van der Waals surface area contributed by atoms with Gasteiger partial charge in [-0.05, 0) is 36.6 Å². The van der Waals surface area contributed by atoms with Crippen LogP contribution in [0.25, 0.3) is 0 Å². The average molecular weight is 310 g/mol. The third kappa shape index (κ3) is 3.31. The van der Waals surface area contributed by atoms with Gasteiger partial charge in [0.2, 0.25) is 5.91 Å². The number of aromatic nitrogens is 1. The van der Waals surface area contributed by atoms with Crippen LogP contribution in [0, 0.1) is 0 Å². The molecule has 2 aromatic rings. The molecule has 1 aromatic heterocycles. The largest absolute Gasteiger partial charge is 0.493 e. The summed E-state index contributed by atoms with van der Waals surface area (Å²) in [7, 11) is 1.98. The molecule has 0 N–H and O–H groups in total. The number of rotatable bonds is 4. The number of amides is 1. The highest BCUT2D eigenvalue weighted by atomic mass is 16.5. The van der Waals surface area contributed by atoms with Gasteiger partial charge in [0.1, 0.15) is 5.75 Å². The maximum Gasteiger partial charge on any atom is 0.246 e. The average Bonchev–Trinajstić information content (AvgIpc) is 2.86. The van der Waals surface area contributed by atoms with Gasteiger partial charge in [0.05, 0.1) is 12.6 Å². The lowest BCUT2D eigenvalue weighted by atomic mass is 9.99. The van der Waals surface area contributed by atoms with Crippen molar-refractivity contribution in [2.24, 2.45) is 7.05 Å². The summed E-state index contributed by atoms with van der Waals surface area (Å²) in [5.74, 6) is 0.834. The van der Waals surface area contributed by atoms with Crippen LogP contribution in [0.3, 0.4) is 0 Å². The zero-order valence-corrected chi connectivity index (χ0v) is 13.4. The highest BCUT2D eigenvalue weighted by Gasteiger charge is 2.28. The summed E-state index contributed by atoms with van der Waals surface area (Å²) in [5.41, 5.74) is 2.20. The van der Waals surface area contributed by atoms with E-state index in [1.807, 2.05) is 53.2 Å². The highest BCUT2D eigenvalue weighted by Crippen LogP contribution is 2.36. The Bertz CT molecular complexity index is 705. The van der Waals surface area contributed by atoms with Crippen molar-refractivity contribution in [3.8, 4) is 5.75 Å².